The van der Waals surface area contributed by atoms with Crippen LogP contribution in [0.3, 0.4) is 0 Å². The molecule has 2 nitrogen and oxygen atoms in total. The summed E-state index contributed by atoms with van der Waals surface area (Å²) in [6.45, 7) is 0. The molecule has 0 amide bonds. The SMILES string of the molecule is O=C(CC1C=CC=C([C](c2ccccc2)c2ccccc2)C1=O)c1ccc(Br)cc1. The van der Waals surface area contributed by atoms with Gasteiger partial charge in [-0.3, -0.25) is 9.59 Å². The first-order chi connectivity index (χ1) is 14.6. The van der Waals surface area contributed by atoms with Crippen molar-refractivity contribution in [2.75, 3.05) is 0 Å². The van der Waals surface area contributed by atoms with E-state index < -0.39 is 5.92 Å². The highest BCUT2D eigenvalue weighted by atomic mass is 79.9. The lowest BCUT2D eigenvalue weighted by Gasteiger charge is -2.24. The largest absolute Gasteiger partial charge is 0.294 e. The Kier molecular flexibility index (Phi) is 6.20. The summed E-state index contributed by atoms with van der Waals surface area (Å²) >= 11 is 3.38. The average Bonchev–Trinajstić information content (AvgIpc) is 2.78. The molecular formula is C27H20BrO2. The normalized spacial score (nSPS) is 15.9. The summed E-state index contributed by atoms with van der Waals surface area (Å²) < 4.78 is 0.919. The highest BCUT2D eigenvalue weighted by Gasteiger charge is 2.31. The van der Waals surface area contributed by atoms with Gasteiger partial charge in [-0.25, -0.2) is 0 Å². The van der Waals surface area contributed by atoms with Crippen LogP contribution in [-0.4, -0.2) is 11.6 Å². The number of carbonyl (C=O) groups excluding carboxylic acids is 2. The van der Waals surface area contributed by atoms with Gasteiger partial charge in [0.25, 0.3) is 0 Å². The van der Waals surface area contributed by atoms with Gasteiger partial charge < -0.3 is 0 Å². The van der Waals surface area contributed by atoms with Gasteiger partial charge >= 0.3 is 0 Å². The zero-order valence-corrected chi connectivity index (χ0v) is 17.9. The quantitative estimate of drug-likeness (QED) is 0.404. The van der Waals surface area contributed by atoms with E-state index in [0.29, 0.717) is 11.1 Å². The molecular weight excluding hydrogens is 436 g/mol. The van der Waals surface area contributed by atoms with Crippen LogP contribution in [0, 0.1) is 11.8 Å². The Balaban J connectivity index is 1.62. The molecule has 147 valence electrons. The topological polar surface area (TPSA) is 34.1 Å². The Labute approximate surface area is 185 Å². The van der Waals surface area contributed by atoms with Gasteiger partial charge in [0, 0.05) is 27.9 Å². The maximum atomic E-state index is 13.4. The molecule has 0 bridgehead atoms. The number of carbonyl (C=O) groups is 2. The second-order valence-corrected chi connectivity index (χ2v) is 8.09. The van der Waals surface area contributed by atoms with Crippen LogP contribution >= 0.6 is 15.9 Å². The number of allylic oxidation sites excluding steroid dienone is 4. The van der Waals surface area contributed by atoms with Gasteiger partial charge in [-0.2, -0.15) is 0 Å². The summed E-state index contributed by atoms with van der Waals surface area (Å²) in [4.78, 5) is 26.2. The number of halogens is 1. The fourth-order valence-electron chi connectivity index (χ4n) is 3.66. The van der Waals surface area contributed by atoms with Gasteiger partial charge in [-0.05, 0) is 23.3 Å². The first kappa shape index (κ1) is 20.2. The second-order valence-electron chi connectivity index (χ2n) is 7.18. The van der Waals surface area contributed by atoms with Gasteiger partial charge in [0.1, 0.15) is 0 Å². The molecule has 4 rings (SSSR count). The van der Waals surface area contributed by atoms with Crippen molar-refractivity contribution in [1.29, 1.82) is 0 Å². The predicted octanol–water partition coefficient (Wildman–Crippen LogP) is 6.37. The molecule has 1 aliphatic rings. The van der Waals surface area contributed by atoms with E-state index in [4.69, 9.17) is 0 Å². The lowest BCUT2D eigenvalue weighted by Crippen LogP contribution is -2.24. The number of rotatable bonds is 6. The van der Waals surface area contributed by atoms with E-state index in [9.17, 15) is 9.59 Å². The number of ketones is 2. The molecule has 1 aliphatic carbocycles. The van der Waals surface area contributed by atoms with Crippen molar-refractivity contribution in [3.8, 4) is 0 Å². The molecule has 1 atom stereocenters. The van der Waals surface area contributed by atoms with Crippen molar-refractivity contribution in [3.63, 3.8) is 0 Å². The molecule has 0 aliphatic heterocycles. The van der Waals surface area contributed by atoms with Gasteiger partial charge in [0.05, 0.1) is 5.92 Å². The van der Waals surface area contributed by atoms with E-state index in [1.54, 1.807) is 12.1 Å². The molecule has 0 saturated carbocycles. The predicted molar refractivity (Wildman–Crippen MR) is 123 cm³/mol. The van der Waals surface area contributed by atoms with Crippen molar-refractivity contribution < 1.29 is 9.59 Å². The minimum absolute atomic E-state index is 0.0225. The minimum atomic E-state index is -0.469. The van der Waals surface area contributed by atoms with Gasteiger partial charge in [-0.1, -0.05) is 107 Å². The van der Waals surface area contributed by atoms with Crippen molar-refractivity contribution in [3.05, 3.63) is 136 Å². The molecule has 3 heteroatoms. The van der Waals surface area contributed by atoms with E-state index in [1.165, 1.54) is 0 Å². The van der Waals surface area contributed by atoms with Gasteiger partial charge in [0.15, 0.2) is 11.6 Å². The Hall–Kier alpha value is -3.04. The third-order valence-electron chi connectivity index (χ3n) is 5.17. The van der Waals surface area contributed by atoms with Crippen LogP contribution in [0.5, 0.6) is 0 Å². The molecule has 0 heterocycles. The maximum absolute atomic E-state index is 13.4. The molecule has 0 fully saturated rings. The van der Waals surface area contributed by atoms with Crippen LogP contribution in [0.25, 0.3) is 0 Å². The van der Waals surface area contributed by atoms with Gasteiger partial charge in [0.2, 0.25) is 0 Å². The van der Waals surface area contributed by atoms with Crippen molar-refractivity contribution in [1.82, 2.24) is 0 Å². The smallest absolute Gasteiger partial charge is 0.167 e. The summed E-state index contributed by atoms with van der Waals surface area (Å²) in [5, 5.41) is 0. The van der Waals surface area contributed by atoms with E-state index in [-0.39, 0.29) is 18.0 Å². The lowest BCUT2D eigenvalue weighted by atomic mass is 9.77. The third-order valence-corrected chi connectivity index (χ3v) is 5.70. The molecule has 0 spiro atoms. The minimum Gasteiger partial charge on any atom is -0.294 e. The highest BCUT2D eigenvalue weighted by molar-refractivity contribution is 9.10. The Morgan fingerprint density at radius 2 is 1.33 bits per heavy atom. The second kappa shape index (κ2) is 9.19. The van der Waals surface area contributed by atoms with Crippen LogP contribution < -0.4 is 0 Å². The highest BCUT2D eigenvalue weighted by Crippen LogP contribution is 2.35. The number of Topliss-reactive ketones (excluding diaryl/α,β-unsaturated/α-hetero) is 2. The summed E-state index contributed by atoms with van der Waals surface area (Å²) in [5.74, 6) is 0.369. The summed E-state index contributed by atoms with van der Waals surface area (Å²) in [5.41, 5.74) is 3.22. The molecule has 1 unspecified atom stereocenters. The number of hydrogen-bond acceptors (Lipinski definition) is 2. The van der Waals surface area contributed by atoms with Crippen molar-refractivity contribution in [2.45, 2.75) is 6.42 Å². The van der Waals surface area contributed by atoms with Gasteiger partial charge in [-0.15, -0.1) is 0 Å². The van der Waals surface area contributed by atoms with Crippen molar-refractivity contribution >= 4 is 27.5 Å². The fourth-order valence-corrected chi connectivity index (χ4v) is 3.93. The number of hydrogen-bond donors (Lipinski definition) is 0. The van der Waals surface area contributed by atoms with E-state index in [1.807, 2.05) is 91.0 Å². The van der Waals surface area contributed by atoms with E-state index in [0.717, 1.165) is 21.5 Å². The molecule has 3 aromatic rings. The zero-order chi connectivity index (χ0) is 20.9. The number of benzene rings is 3. The fraction of sp³-hybridized carbons (Fsp3) is 0.0741. The molecule has 30 heavy (non-hydrogen) atoms. The Bertz CT molecular complexity index is 1060. The van der Waals surface area contributed by atoms with Crippen LogP contribution in [0.15, 0.2) is 113 Å². The molecule has 1 radical (unpaired) electrons. The Morgan fingerprint density at radius 3 is 1.90 bits per heavy atom. The first-order valence-corrected chi connectivity index (χ1v) is 10.6. The van der Waals surface area contributed by atoms with E-state index in [2.05, 4.69) is 15.9 Å². The molecule has 0 N–H and O–H groups in total. The third kappa shape index (κ3) is 4.42. The zero-order valence-electron chi connectivity index (χ0n) is 16.3. The first-order valence-electron chi connectivity index (χ1n) is 9.83. The van der Waals surface area contributed by atoms with Crippen LogP contribution in [0.4, 0.5) is 0 Å². The monoisotopic (exact) mass is 455 g/mol. The summed E-state index contributed by atoms with van der Waals surface area (Å²) in [6.07, 6.45) is 5.74. The standard InChI is InChI=1S/C27H20BrO2/c28-23-16-14-19(15-17-23)25(29)18-22-12-7-13-24(27(22)30)26(20-8-3-1-4-9-20)21-10-5-2-6-11-21/h1-17,22H,18H2. The Morgan fingerprint density at radius 1 is 0.767 bits per heavy atom. The molecule has 0 aromatic heterocycles. The summed E-state index contributed by atoms with van der Waals surface area (Å²) in [7, 11) is 0. The van der Waals surface area contributed by atoms with Crippen LogP contribution in [0.2, 0.25) is 0 Å². The average molecular weight is 456 g/mol. The van der Waals surface area contributed by atoms with Crippen LogP contribution in [-0.2, 0) is 4.79 Å². The van der Waals surface area contributed by atoms with Crippen molar-refractivity contribution in [2.24, 2.45) is 5.92 Å². The lowest BCUT2D eigenvalue weighted by molar-refractivity contribution is -0.117. The molecule has 3 aromatic carbocycles. The maximum Gasteiger partial charge on any atom is 0.167 e. The molecule has 0 saturated heterocycles. The van der Waals surface area contributed by atoms with E-state index >= 15 is 0 Å². The summed E-state index contributed by atoms with van der Waals surface area (Å²) in [6, 6.07) is 27.1. The van der Waals surface area contributed by atoms with Crippen LogP contribution in [0.1, 0.15) is 27.9 Å².